The van der Waals surface area contributed by atoms with Gasteiger partial charge in [-0.3, -0.25) is 0 Å². The standard InChI is InChI=1S/C39H47Br2N3/c1-4-6-8-10-12-14-24-42-34-26-29(40)18-22-32(34)36-38(42)39-37(44(36)31-20-16-28(3)17-21-31)33-23-19-30(41)27-35(33)43(39)25-15-13-11-9-7-5-2/h16-23,26-27H,4-15,24-25H2,1-3H3. The fourth-order valence-corrected chi connectivity index (χ4v) is 7.87. The zero-order valence-electron chi connectivity index (χ0n) is 26.8. The predicted octanol–water partition coefficient (Wildman–Crippen LogP) is 13.2. The molecule has 5 heteroatoms. The molecule has 44 heavy (non-hydrogen) atoms. The van der Waals surface area contributed by atoms with Crippen molar-refractivity contribution in [1.29, 1.82) is 0 Å². The minimum absolute atomic E-state index is 1.04. The Hall–Kier alpha value is -2.50. The number of hydrogen-bond donors (Lipinski definition) is 0. The Morgan fingerprint density at radius 3 is 1.39 bits per heavy atom. The topological polar surface area (TPSA) is 14.8 Å². The highest BCUT2D eigenvalue weighted by atomic mass is 79.9. The van der Waals surface area contributed by atoms with Gasteiger partial charge in [0.15, 0.2) is 0 Å². The van der Waals surface area contributed by atoms with Crippen molar-refractivity contribution >= 4 is 75.7 Å². The average Bonchev–Trinajstić information content (AvgIpc) is 3.62. The van der Waals surface area contributed by atoms with Crippen LogP contribution in [0.25, 0.3) is 49.6 Å². The molecule has 0 unspecified atom stereocenters. The van der Waals surface area contributed by atoms with Crippen LogP contribution in [0.5, 0.6) is 0 Å². The lowest BCUT2D eigenvalue weighted by Crippen LogP contribution is -2.02. The van der Waals surface area contributed by atoms with Crippen molar-refractivity contribution in [2.75, 3.05) is 0 Å². The molecule has 0 aliphatic carbocycles. The molecular weight excluding hydrogens is 670 g/mol. The van der Waals surface area contributed by atoms with Crippen LogP contribution in [0.1, 0.15) is 96.5 Å². The minimum atomic E-state index is 1.04. The van der Waals surface area contributed by atoms with E-state index in [0.29, 0.717) is 0 Å². The van der Waals surface area contributed by atoms with E-state index >= 15 is 0 Å². The van der Waals surface area contributed by atoms with Gasteiger partial charge in [-0.15, -0.1) is 0 Å². The Kier molecular flexibility index (Phi) is 10.2. The average molecular weight is 718 g/mol. The number of halogens is 2. The summed E-state index contributed by atoms with van der Waals surface area (Å²) in [5.74, 6) is 0. The van der Waals surface area contributed by atoms with Crippen molar-refractivity contribution in [2.24, 2.45) is 0 Å². The van der Waals surface area contributed by atoms with Crippen molar-refractivity contribution in [2.45, 2.75) is 111 Å². The van der Waals surface area contributed by atoms with Crippen molar-refractivity contribution in [3.63, 3.8) is 0 Å². The maximum absolute atomic E-state index is 3.82. The van der Waals surface area contributed by atoms with Crippen molar-refractivity contribution < 1.29 is 0 Å². The number of aromatic nitrogens is 3. The molecule has 0 aliphatic heterocycles. The number of fused-ring (bicyclic) bond motifs is 7. The van der Waals surface area contributed by atoms with Gasteiger partial charge in [-0.05, 0) is 68.3 Å². The second-order valence-electron chi connectivity index (χ2n) is 12.7. The van der Waals surface area contributed by atoms with Crippen molar-refractivity contribution in [3.8, 4) is 5.69 Å². The van der Waals surface area contributed by atoms with Crippen molar-refractivity contribution in [1.82, 2.24) is 13.7 Å². The van der Waals surface area contributed by atoms with Crippen LogP contribution in [0.3, 0.4) is 0 Å². The molecule has 6 aromatic rings. The summed E-state index contributed by atoms with van der Waals surface area (Å²) in [6.07, 6.45) is 15.6. The van der Waals surface area contributed by atoms with Gasteiger partial charge in [0.05, 0.1) is 33.1 Å². The van der Waals surface area contributed by atoms with Crippen LogP contribution in [0.4, 0.5) is 0 Å². The molecular formula is C39H47Br2N3. The summed E-state index contributed by atoms with van der Waals surface area (Å²) in [6.45, 7) is 8.86. The molecule has 0 bridgehead atoms. The molecule has 0 saturated heterocycles. The first kappa shape index (κ1) is 31.5. The lowest BCUT2D eigenvalue weighted by Gasteiger charge is -2.11. The number of aryl methyl sites for hydroxylation is 3. The summed E-state index contributed by atoms with van der Waals surface area (Å²) >= 11 is 7.65. The first-order valence-electron chi connectivity index (χ1n) is 17.0. The largest absolute Gasteiger partial charge is 0.337 e. The van der Waals surface area contributed by atoms with Gasteiger partial charge in [0, 0.05) is 38.5 Å². The zero-order valence-corrected chi connectivity index (χ0v) is 29.9. The molecule has 0 aliphatic rings. The molecule has 0 spiro atoms. The number of unbranched alkanes of at least 4 members (excludes halogenated alkanes) is 10. The third kappa shape index (κ3) is 6.16. The highest BCUT2D eigenvalue weighted by Crippen LogP contribution is 2.44. The second kappa shape index (κ2) is 14.3. The van der Waals surface area contributed by atoms with Crippen LogP contribution in [0.15, 0.2) is 69.6 Å². The fourth-order valence-electron chi connectivity index (χ4n) is 7.17. The monoisotopic (exact) mass is 715 g/mol. The molecule has 3 nitrogen and oxygen atoms in total. The van der Waals surface area contributed by atoms with Gasteiger partial charge in [0.25, 0.3) is 0 Å². The summed E-state index contributed by atoms with van der Waals surface area (Å²) in [5.41, 5.74) is 10.6. The summed E-state index contributed by atoms with van der Waals surface area (Å²) in [5, 5.41) is 2.67. The molecule has 0 amide bonds. The molecule has 0 atom stereocenters. The van der Waals surface area contributed by atoms with Gasteiger partial charge in [0.1, 0.15) is 0 Å². The van der Waals surface area contributed by atoms with E-state index in [-0.39, 0.29) is 0 Å². The van der Waals surface area contributed by atoms with Crippen LogP contribution in [0.2, 0.25) is 0 Å². The number of hydrogen-bond acceptors (Lipinski definition) is 0. The molecule has 3 aromatic heterocycles. The maximum Gasteiger partial charge on any atom is 0.0926 e. The minimum Gasteiger partial charge on any atom is -0.337 e. The molecule has 232 valence electrons. The van der Waals surface area contributed by atoms with Gasteiger partial charge in [-0.25, -0.2) is 0 Å². The predicted molar refractivity (Wildman–Crippen MR) is 199 cm³/mol. The SMILES string of the molecule is CCCCCCCCn1c2cc(Br)ccc2c2c1c1c(c3ccc(Br)cc3n1CCCCCCCC)n2-c1ccc(C)cc1. The Bertz CT molecular complexity index is 1760. The van der Waals surface area contributed by atoms with E-state index in [1.165, 1.54) is 132 Å². The lowest BCUT2D eigenvalue weighted by molar-refractivity contribution is 0.567. The number of benzene rings is 3. The van der Waals surface area contributed by atoms with E-state index in [4.69, 9.17) is 0 Å². The highest BCUT2D eigenvalue weighted by molar-refractivity contribution is 9.10. The smallest absolute Gasteiger partial charge is 0.0926 e. The molecule has 6 rings (SSSR count). The molecule has 0 radical (unpaired) electrons. The zero-order chi connectivity index (χ0) is 30.6. The third-order valence-electron chi connectivity index (χ3n) is 9.43. The second-order valence-corrected chi connectivity index (χ2v) is 14.6. The van der Waals surface area contributed by atoms with Crippen molar-refractivity contribution in [3.05, 3.63) is 75.2 Å². The first-order valence-corrected chi connectivity index (χ1v) is 18.6. The molecule has 0 saturated carbocycles. The molecule has 0 fully saturated rings. The fraction of sp³-hybridized carbons (Fsp3) is 0.436. The van der Waals surface area contributed by atoms with Crippen LogP contribution < -0.4 is 0 Å². The van der Waals surface area contributed by atoms with E-state index in [1.54, 1.807) is 0 Å². The van der Waals surface area contributed by atoms with E-state index in [2.05, 4.69) is 127 Å². The summed E-state index contributed by atoms with van der Waals surface area (Å²) in [6, 6.07) is 22.9. The van der Waals surface area contributed by atoms with E-state index in [9.17, 15) is 0 Å². The van der Waals surface area contributed by atoms with E-state index < -0.39 is 0 Å². The molecule has 0 N–H and O–H groups in total. The van der Waals surface area contributed by atoms with Crippen LogP contribution >= 0.6 is 31.9 Å². The van der Waals surface area contributed by atoms with Gasteiger partial charge in [-0.2, -0.15) is 0 Å². The van der Waals surface area contributed by atoms with Gasteiger partial charge in [-0.1, -0.05) is 128 Å². The van der Waals surface area contributed by atoms with E-state index in [0.717, 1.165) is 22.0 Å². The van der Waals surface area contributed by atoms with E-state index in [1.807, 2.05) is 0 Å². The number of nitrogens with zero attached hydrogens (tertiary/aromatic N) is 3. The summed E-state index contributed by atoms with van der Waals surface area (Å²) in [7, 11) is 0. The molecule has 3 aromatic carbocycles. The lowest BCUT2D eigenvalue weighted by atomic mass is 10.1. The normalized spacial score (nSPS) is 12.1. The van der Waals surface area contributed by atoms with Crippen LogP contribution in [-0.4, -0.2) is 13.7 Å². The quantitative estimate of drug-likeness (QED) is 0.0940. The highest BCUT2D eigenvalue weighted by Gasteiger charge is 2.26. The Labute approximate surface area is 279 Å². The van der Waals surface area contributed by atoms with Crippen LogP contribution in [-0.2, 0) is 13.1 Å². The Balaban J connectivity index is 1.60. The summed E-state index contributed by atoms with van der Waals surface area (Å²) < 4.78 is 10.2. The number of rotatable bonds is 15. The van der Waals surface area contributed by atoms with Gasteiger partial charge < -0.3 is 13.7 Å². The van der Waals surface area contributed by atoms with Crippen LogP contribution in [0, 0.1) is 6.92 Å². The molecule has 3 heterocycles. The Morgan fingerprint density at radius 1 is 0.500 bits per heavy atom. The maximum atomic E-state index is 3.82. The summed E-state index contributed by atoms with van der Waals surface area (Å²) in [4.78, 5) is 0. The van der Waals surface area contributed by atoms with Gasteiger partial charge in [0.2, 0.25) is 0 Å². The van der Waals surface area contributed by atoms with Gasteiger partial charge >= 0.3 is 0 Å². The third-order valence-corrected chi connectivity index (χ3v) is 10.4. The first-order chi connectivity index (χ1) is 21.5. The Morgan fingerprint density at radius 2 is 0.932 bits per heavy atom.